The lowest BCUT2D eigenvalue weighted by molar-refractivity contribution is 1.32. The van der Waals surface area contributed by atoms with Gasteiger partial charge in [-0.05, 0) is 68.4 Å². The normalized spacial score (nSPS) is 11.6. The van der Waals surface area contributed by atoms with E-state index in [-0.39, 0.29) is 0 Å². The second-order valence-corrected chi connectivity index (χ2v) is 12.3. The first kappa shape index (κ1) is 25.0. The minimum Gasteiger partial charge on any atom is -0.308 e. The second kappa shape index (κ2) is 10.0. The van der Waals surface area contributed by atoms with Gasteiger partial charge in [0, 0.05) is 34.2 Å². The molecule has 0 bridgehead atoms. The largest absolute Gasteiger partial charge is 0.308 e. The van der Waals surface area contributed by atoms with Crippen molar-refractivity contribution in [3.63, 3.8) is 0 Å². The number of anilines is 3. The number of rotatable bonds is 4. The fourth-order valence-electron chi connectivity index (χ4n) is 6.70. The molecule has 3 heteroatoms. The van der Waals surface area contributed by atoms with Crippen molar-refractivity contribution in [2.45, 2.75) is 0 Å². The van der Waals surface area contributed by atoms with Crippen molar-refractivity contribution in [3.8, 4) is 11.1 Å². The number of nitrogens with zero attached hydrogens (tertiary/aromatic N) is 2. The first-order chi connectivity index (χ1) is 21.8. The van der Waals surface area contributed by atoms with Crippen LogP contribution in [0.25, 0.3) is 63.6 Å². The van der Waals surface area contributed by atoms with Crippen LogP contribution >= 0.6 is 11.3 Å². The molecule has 0 amide bonds. The lowest BCUT2D eigenvalue weighted by atomic mass is 9.94. The molecule has 0 N–H and O–H groups in total. The van der Waals surface area contributed by atoms with E-state index in [4.69, 9.17) is 0 Å². The lowest BCUT2D eigenvalue weighted by Crippen LogP contribution is -2.11. The Morgan fingerprint density at radius 3 is 2.05 bits per heavy atom. The molecule has 0 aliphatic rings. The summed E-state index contributed by atoms with van der Waals surface area (Å²) in [6, 6.07) is 52.9. The number of hydrogen-bond acceptors (Lipinski definition) is 3. The zero-order valence-electron chi connectivity index (χ0n) is 23.8. The number of benzene rings is 7. The van der Waals surface area contributed by atoms with Gasteiger partial charge in [0.15, 0.2) is 0 Å². The summed E-state index contributed by atoms with van der Waals surface area (Å²) in [5.41, 5.74) is 5.88. The Balaban J connectivity index is 1.36. The van der Waals surface area contributed by atoms with E-state index in [1.807, 2.05) is 23.7 Å². The predicted molar refractivity (Wildman–Crippen MR) is 190 cm³/mol. The summed E-state index contributed by atoms with van der Waals surface area (Å²) in [5.74, 6) is 0. The van der Waals surface area contributed by atoms with Crippen LogP contribution in [0.15, 0.2) is 158 Å². The first-order valence-corrected chi connectivity index (χ1v) is 15.7. The van der Waals surface area contributed by atoms with Crippen molar-refractivity contribution in [1.82, 2.24) is 4.98 Å². The van der Waals surface area contributed by atoms with Crippen LogP contribution < -0.4 is 4.90 Å². The quantitative estimate of drug-likeness (QED) is 0.193. The number of aromatic nitrogens is 1. The maximum atomic E-state index is 4.43. The molecule has 2 heterocycles. The Morgan fingerprint density at radius 1 is 0.477 bits per heavy atom. The van der Waals surface area contributed by atoms with E-state index in [2.05, 4.69) is 155 Å². The molecule has 0 spiro atoms. The summed E-state index contributed by atoms with van der Waals surface area (Å²) in [6.07, 6.45) is 3.88. The summed E-state index contributed by atoms with van der Waals surface area (Å²) < 4.78 is 2.45. The van der Waals surface area contributed by atoms with Crippen molar-refractivity contribution in [1.29, 1.82) is 0 Å². The Bertz CT molecular complexity index is 2490. The summed E-state index contributed by atoms with van der Waals surface area (Å²) in [7, 11) is 0. The van der Waals surface area contributed by atoms with E-state index in [9.17, 15) is 0 Å². The minimum absolute atomic E-state index is 1.12. The number of fused-ring (bicyclic) bond motifs is 8. The minimum atomic E-state index is 1.12. The van der Waals surface area contributed by atoms with Crippen LogP contribution in [-0.4, -0.2) is 4.98 Å². The van der Waals surface area contributed by atoms with Crippen molar-refractivity contribution < 1.29 is 0 Å². The van der Waals surface area contributed by atoms with Gasteiger partial charge in [-0.2, -0.15) is 0 Å². The highest BCUT2D eigenvalue weighted by Crippen LogP contribution is 2.48. The third kappa shape index (κ3) is 3.90. The topological polar surface area (TPSA) is 16.1 Å². The molecule has 9 aromatic rings. The molecule has 2 nitrogen and oxygen atoms in total. The molecule has 9 rings (SSSR count). The molecule has 0 saturated heterocycles. The van der Waals surface area contributed by atoms with Gasteiger partial charge in [0.25, 0.3) is 0 Å². The van der Waals surface area contributed by atoms with E-state index in [0.29, 0.717) is 0 Å². The number of thiophene rings is 1. The second-order valence-electron chi connectivity index (χ2n) is 11.2. The third-order valence-corrected chi connectivity index (χ3v) is 9.90. The monoisotopic (exact) mass is 578 g/mol. The van der Waals surface area contributed by atoms with Crippen LogP contribution in [0, 0.1) is 0 Å². The van der Waals surface area contributed by atoms with E-state index in [1.165, 1.54) is 75.0 Å². The fraction of sp³-hybridized carbons (Fsp3) is 0. The Morgan fingerprint density at radius 2 is 1.18 bits per heavy atom. The molecule has 0 aliphatic heterocycles. The zero-order valence-corrected chi connectivity index (χ0v) is 24.6. The highest BCUT2D eigenvalue weighted by molar-refractivity contribution is 7.26. The molecule has 0 atom stereocenters. The standard InChI is InChI=1S/C41H26N2S/c1-2-9-27(10-3-1)28-19-21-31(22-20-28)43(37-16-8-15-36-34-23-24-42-26-39(34)44-41(36)37)38-25-30-18-17-29-11-4-5-12-32(29)40(30)35-14-7-6-13-33(35)38/h1-26H. The summed E-state index contributed by atoms with van der Waals surface area (Å²) in [6.45, 7) is 0. The van der Waals surface area contributed by atoms with Crippen molar-refractivity contribution in [2.24, 2.45) is 0 Å². The van der Waals surface area contributed by atoms with Gasteiger partial charge in [0.05, 0.1) is 20.8 Å². The number of hydrogen-bond donors (Lipinski definition) is 0. The Kier molecular flexibility index (Phi) is 5.71. The molecular formula is C41H26N2S. The van der Waals surface area contributed by atoms with E-state index >= 15 is 0 Å². The summed E-state index contributed by atoms with van der Waals surface area (Å²) >= 11 is 1.81. The van der Waals surface area contributed by atoms with Crippen molar-refractivity contribution in [3.05, 3.63) is 158 Å². The van der Waals surface area contributed by atoms with Crippen LogP contribution in [0.5, 0.6) is 0 Å². The molecule has 0 saturated carbocycles. The Labute approximate surface area is 259 Å². The van der Waals surface area contributed by atoms with Crippen LogP contribution in [0.3, 0.4) is 0 Å². The molecule has 206 valence electrons. The van der Waals surface area contributed by atoms with Gasteiger partial charge in [0.1, 0.15) is 0 Å². The average molecular weight is 579 g/mol. The zero-order chi connectivity index (χ0) is 29.0. The Hall–Kier alpha value is -5.51. The lowest BCUT2D eigenvalue weighted by Gasteiger charge is -2.28. The van der Waals surface area contributed by atoms with Crippen LogP contribution in [-0.2, 0) is 0 Å². The average Bonchev–Trinajstić information content (AvgIpc) is 3.48. The van der Waals surface area contributed by atoms with Crippen molar-refractivity contribution in [2.75, 3.05) is 4.90 Å². The third-order valence-electron chi connectivity index (χ3n) is 8.72. The van der Waals surface area contributed by atoms with Gasteiger partial charge in [0.2, 0.25) is 0 Å². The fourth-order valence-corrected chi connectivity index (χ4v) is 7.87. The van der Waals surface area contributed by atoms with Crippen LogP contribution in [0.2, 0.25) is 0 Å². The van der Waals surface area contributed by atoms with Crippen LogP contribution in [0.4, 0.5) is 17.1 Å². The maximum absolute atomic E-state index is 4.43. The van der Waals surface area contributed by atoms with Gasteiger partial charge < -0.3 is 4.90 Å². The van der Waals surface area contributed by atoms with E-state index < -0.39 is 0 Å². The summed E-state index contributed by atoms with van der Waals surface area (Å²) in [5, 5.41) is 10.1. The molecule has 44 heavy (non-hydrogen) atoms. The molecule has 0 unspecified atom stereocenters. The molecule has 0 fully saturated rings. The van der Waals surface area contributed by atoms with E-state index in [1.54, 1.807) is 0 Å². The summed E-state index contributed by atoms with van der Waals surface area (Å²) in [4.78, 5) is 6.89. The highest BCUT2D eigenvalue weighted by Gasteiger charge is 2.21. The van der Waals surface area contributed by atoms with Gasteiger partial charge >= 0.3 is 0 Å². The molecule has 0 radical (unpaired) electrons. The van der Waals surface area contributed by atoms with Gasteiger partial charge in [-0.15, -0.1) is 11.3 Å². The maximum Gasteiger partial charge on any atom is 0.0640 e. The van der Waals surface area contributed by atoms with Crippen molar-refractivity contribution >= 4 is 80.9 Å². The van der Waals surface area contributed by atoms with Gasteiger partial charge in [-0.3, -0.25) is 4.98 Å². The smallest absolute Gasteiger partial charge is 0.0640 e. The first-order valence-electron chi connectivity index (χ1n) is 14.9. The SMILES string of the molecule is c1ccc(-c2ccc(N(c3cc4ccc5ccccc5c4c4ccccc34)c3cccc4c3sc3cnccc34)cc2)cc1. The van der Waals surface area contributed by atoms with Gasteiger partial charge in [-0.25, -0.2) is 0 Å². The van der Waals surface area contributed by atoms with E-state index in [0.717, 1.165) is 5.69 Å². The molecule has 7 aromatic carbocycles. The predicted octanol–water partition coefficient (Wildman–Crippen LogP) is 12.0. The molecule has 2 aromatic heterocycles. The number of pyridine rings is 1. The molecule has 0 aliphatic carbocycles. The highest BCUT2D eigenvalue weighted by atomic mass is 32.1. The van der Waals surface area contributed by atoms with Gasteiger partial charge in [-0.1, -0.05) is 115 Å². The van der Waals surface area contributed by atoms with Crippen LogP contribution in [0.1, 0.15) is 0 Å². The molecular weight excluding hydrogens is 553 g/mol.